The van der Waals surface area contributed by atoms with Crippen LogP contribution in [0.1, 0.15) is 49.4 Å². The maximum absolute atomic E-state index is 13.1. The van der Waals surface area contributed by atoms with Gasteiger partial charge < -0.3 is 10.2 Å². The van der Waals surface area contributed by atoms with Crippen molar-refractivity contribution in [2.45, 2.75) is 60.0 Å². The first-order valence-electron chi connectivity index (χ1n) is 10.4. The number of rotatable bonds is 9. The van der Waals surface area contributed by atoms with E-state index in [1.165, 1.54) is 5.56 Å². The minimum Gasteiger partial charge on any atom is -0.354 e. The fourth-order valence-electron chi connectivity index (χ4n) is 3.19. The number of amides is 2. The molecule has 0 fully saturated rings. The number of carbonyl (C=O) groups excluding carboxylic acids is 2. The summed E-state index contributed by atoms with van der Waals surface area (Å²) in [4.78, 5) is 27.5. The van der Waals surface area contributed by atoms with Gasteiger partial charge in [0.15, 0.2) is 0 Å². The van der Waals surface area contributed by atoms with Gasteiger partial charge in [-0.1, -0.05) is 73.5 Å². The third-order valence-electron chi connectivity index (χ3n) is 5.04. The second-order valence-electron chi connectivity index (χ2n) is 8.31. The van der Waals surface area contributed by atoms with Gasteiger partial charge >= 0.3 is 0 Å². The minimum absolute atomic E-state index is 0.000668. The van der Waals surface area contributed by atoms with Crippen LogP contribution in [-0.4, -0.2) is 29.3 Å². The summed E-state index contributed by atoms with van der Waals surface area (Å²) in [7, 11) is 0. The Labute approximate surface area is 175 Å². The summed E-state index contributed by atoms with van der Waals surface area (Å²) in [6, 6.07) is 15.8. The highest BCUT2D eigenvalue weighted by Gasteiger charge is 2.26. The molecule has 0 saturated carbocycles. The fourth-order valence-corrected chi connectivity index (χ4v) is 3.19. The second kappa shape index (κ2) is 10.8. The van der Waals surface area contributed by atoms with E-state index in [1.54, 1.807) is 4.90 Å². The van der Waals surface area contributed by atoms with E-state index in [0.717, 1.165) is 16.7 Å². The van der Waals surface area contributed by atoms with Crippen molar-refractivity contribution >= 4 is 11.8 Å². The van der Waals surface area contributed by atoms with Gasteiger partial charge in [-0.05, 0) is 44.2 Å². The van der Waals surface area contributed by atoms with Crippen molar-refractivity contribution in [2.24, 2.45) is 5.92 Å². The Morgan fingerprint density at radius 2 is 1.62 bits per heavy atom. The van der Waals surface area contributed by atoms with Crippen molar-refractivity contribution < 1.29 is 9.59 Å². The Morgan fingerprint density at radius 1 is 0.931 bits per heavy atom. The van der Waals surface area contributed by atoms with Crippen LogP contribution in [0.15, 0.2) is 48.5 Å². The molecule has 0 bridgehead atoms. The Hall–Kier alpha value is -2.62. The molecule has 4 nitrogen and oxygen atoms in total. The van der Waals surface area contributed by atoms with Crippen LogP contribution in [0.5, 0.6) is 0 Å². The summed E-state index contributed by atoms with van der Waals surface area (Å²) in [5, 5.41) is 2.96. The molecule has 29 heavy (non-hydrogen) atoms. The molecule has 2 rings (SSSR count). The maximum atomic E-state index is 13.1. The number of hydrogen-bond donors (Lipinski definition) is 1. The highest BCUT2D eigenvalue weighted by molar-refractivity contribution is 5.87. The zero-order valence-corrected chi connectivity index (χ0v) is 18.4. The molecule has 1 atom stereocenters. The Balaban J connectivity index is 2.12. The molecule has 156 valence electrons. The molecule has 1 unspecified atom stereocenters. The summed E-state index contributed by atoms with van der Waals surface area (Å²) >= 11 is 0. The van der Waals surface area contributed by atoms with Gasteiger partial charge in [0.25, 0.3) is 0 Å². The van der Waals surface area contributed by atoms with Crippen LogP contribution < -0.4 is 5.32 Å². The van der Waals surface area contributed by atoms with Gasteiger partial charge in [-0.15, -0.1) is 0 Å². The van der Waals surface area contributed by atoms with Crippen LogP contribution in [0.2, 0.25) is 0 Å². The Kier molecular flexibility index (Phi) is 8.44. The highest BCUT2D eigenvalue weighted by Crippen LogP contribution is 2.14. The largest absolute Gasteiger partial charge is 0.354 e. The van der Waals surface area contributed by atoms with Gasteiger partial charge in [-0.25, -0.2) is 0 Å². The van der Waals surface area contributed by atoms with Crippen LogP contribution in [-0.2, 0) is 22.6 Å². The van der Waals surface area contributed by atoms with Crippen molar-refractivity contribution in [3.63, 3.8) is 0 Å². The molecule has 4 heteroatoms. The predicted octanol–water partition coefficient (Wildman–Crippen LogP) is 4.43. The zero-order chi connectivity index (χ0) is 21.4. The molecule has 0 saturated heterocycles. The van der Waals surface area contributed by atoms with Crippen LogP contribution in [0.3, 0.4) is 0 Å². The van der Waals surface area contributed by atoms with Gasteiger partial charge in [0.1, 0.15) is 6.04 Å². The summed E-state index contributed by atoms with van der Waals surface area (Å²) in [6.07, 6.45) is 1.06. The molecular formula is C25H34N2O2. The summed E-state index contributed by atoms with van der Waals surface area (Å²) in [5.41, 5.74) is 4.52. The highest BCUT2D eigenvalue weighted by atomic mass is 16.2. The topological polar surface area (TPSA) is 49.4 Å². The number of nitrogens with zero attached hydrogens (tertiary/aromatic N) is 1. The summed E-state index contributed by atoms with van der Waals surface area (Å²) < 4.78 is 0. The molecule has 0 heterocycles. The van der Waals surface area contributed by atoms with E-state index in [-0.39, 0.29) is 11.8 Å². The van der Waals surface area contributed by atoms with E-state index in [2.05, 4.69) is 56.4 Å². The lowest BCUT2D eigenvalue weighted by Crippen LogP contribution is -2.48. The molecule has 2 amide bonds. The first-order chi connectivity index (χ1) is 13.8. The smallest absolute Gasteiger partial charge is 0.242 e. The van der Waals surface area contributed by atoms with Crippen LogP contribution in [0.4, 0.5) is 0 Å². The maximum Gasteiger partial charge on any atom is 0.242 e. The summed E-state index contributed by atoms with van der Waals surface area (Å²) in [6.45, 7) is 11.1. The van der Waals surface area contributed by atoms with Crippen LogP contribution in [0.25, 0.3) is 0 Å². The lowest BCUT2D eigenvalue weighted by Gasteiger charge is -2.29. The molecule has 2 aromatic carbocycles. The third kappa shape index (κ3) is 7.37. The number of hydrogen-bond acceptors (Lipinski definition) is 2. The number of nitrogens with one attached hydrogen (secondary N) is 1. The van der Waals surface area contributed by atoms with Crippen molar-refractivity contribution in [3.05, 3.63) is 70.8 Å². The lowest BCUT2D eigenvalue weighted by molar-refractivity contribution is -0.140. The van der Waals surface area contributed by atoms with Crippen molar-refractivity contribution in [2.75, 3.05) is 6.54 Å². The average molecular weight is 395 g/mol. The third-order valence-corrected chi connectivity index (χ3v) is 5.04. The zero-order valence-electron chi connectivity index (χ0n) is 18.4. The van der Waals surface area contributed by atoms with E-state index in [0.29, 0.717) is 31.8 Å². The van der Waals surface area contributed by atoms with E-state index < -0.39 is 6.04 Å². The monoisotopic (exact) mass is 394 g/mol. The van der Waals surface area contributed by atoms with E-state index in [1.807, 2.05) is 32.0 Å². The van der Waals surface area contributed by atoms with Crippen LogP contribution >= 0.6 is 0 Å². The Morgan fingerprint density at radius 3 is 2.24 bits per heavy atom. The first-order valence-corrected chi connectivity index (χ1v) is 10.4. The van der Waals surface area contributed by atoms with E-state index in [4.69, 9.17) is 0 Å². The van der Waals surface area contributed by atoms with E-state index in [9.17, 15) is 9.59 Å². The molecule has 0 radical (unpaired) electrons. The SMILES string of the molecule is Cc1ccc(CCC(=O)N(Cc2cccc(C)c2)C(C)C(=O)NCC(C)C)cc1. The van der Waals surface area contributed by atoms with Crippen molar-refractivity contribution in [1.29, 1.82) is 0 Å². The van der Waals surface area contributed by atoms with Crippen molar-refractivity contribution in [3.8, 4) is 0 Å². The number of carbonyl (C=O) groups is 2. The summed E-state index contributed by atoms with van der Waals surface area (Å²) in [5.74, 6) is 0.267. The second-order valence-corrected chi connectivity index (χ2v) is 8.31. The molecule has 0 aliphatic rings. The van der Waals surface area contributed by atoms with E-state index >= 15 is 0 Å². The molecule has 0 aromatic heterocycles. The Bertz CT molecular complexity index is 812. The van der Waals surface area contributed by atoms with Gasteiger partial charge in [0, 0.05) is 19.5 Å². The minimum atomic E-state index is -0.514. The fraction of sp³-hybridized carbons (Fsp3) is 0.440. The predicted molar refractivity (Wildman–Crippen MR) is 119 cm³/mol. The molecule has 2 aromatic rings. The van der Waals surface area contributed by atoms with Gasteiger partial charge in [0.05, 0.1) is 0 Å². The normalized spacial score (nSPS) is 11.9. The lowest BCUT2D eigenvalue weighted by atomic mass is 10.1. The van der Waals surface area contributed by atoms with Crippen molar-refractivity contribution in [1.82, 2.24) is 10.2 Å². The van der Waals surface area contributed by atoms with Crippen LogP contribution in [0, 0.1) is 19.8 Å². The number of benzene rings is 2. The van der Waals surface area contributed by atoms with Gasteiger partial charge in [-0.2, -0.15) is 0 Å². The molecule has 0 aliphatic carbocycles. The quantitative estimate of drug-likeness (QED) is 0.684. The average Bonchev–Trinajstić information content (AvgIpc) is 2.69. The molecular weight excluding hydrogens is 360 g/mol. The molecule has 0 aliphatic heterocycles. The molecule has 0 spiro atoms. The number of aryl methyl sites for hydroxylation is 3. The molecule has 1 N–H and O–H groups in total. The standard InChI is InChI=1S/C25H34N2O2/c1-18(2)16-26-25(29)21(5)27(17-23-8-6-7-20(4)15-23)24(28)14-13-22-11-9-19(3)10-12-22/h6-12,15,18,21H,13-14,16-17H2,1-5H3,(H,26,29). The van der Waals surface area contributed by atoms with Gasteiger partial charge in [-0.3, -0.25) is 9.59 Å². The van der Waals surface area contributed by atoms with Gasteiger partial charge in [0.2, 0.25) is 11.8 Å². The first kappa shape index (κ1) is 22.7.